The third-order valence-corrected chi connectivity index (χ3v) is 5.70. The van der Waals surface area contributed by atoms with Crippen molar-refractivity contribution in [3.05, 3.63) is 52.8 Å². The Balaban J connectivity index is 1.49. The number of nitrogens with zero attached hydrogens (tertiary/aromatic N) is 5. The van der Waals surface area contributed by atoms with Crippen LogP contribution in [-0.2, 0) is 11.3 Å². The Kier molecular flexibility index (Phi) is 5.74. The minimum Gasteiger partial charge on any atom is -0.388 e. The van der Waals surface area contributed by atoms with Crippen molar-refractivity contribution in [2.75, 3.05) is 25.1 Å². The van der Waals surface area contributed by atoms with Crippen LogP contribution in [0.25, 0.3) is 10.7 Å². The summed E-state index contributed by atoms with van der Waals surface area (Å²) in [5, 5.41) is 19.0. The molecule has 1 atom stereocenters. The van der Waals surface area contributed by atoms with Crippen LogP contribution < -0.4 is 4.90 Å². The van der Waals surface area contributed by atoms with Gasteiger partial charge in [-0.1, -0.05) is 29.5 Å². The van der Waals surface area contributed by atoms with Gasteiger partial charge < -0.3 is 14.7 Å². The maximum Gasteiger partial charge on any atom is 0.168 e. The standard InChI is InChI=1S/C20H18ClN5O2S/c1-28-20(8-7-14-3-2-4-15(21)11-14)9-10-26(13-20)18-6-5-16(23-24-18)19-22-17(12-27)25-29-19/h2-6,11,27H,9-10,12-13H2,1H3. The molecule has 29 heavy (non-hydrogen) atoms. The summed E-state index contributed by atoms with van der Waals surface area (Å²) < 4.78 is 9.83. The first-order valence-electron chi connectivity index (χ1n) is 8.97. The fourth-order valence-corrected chi connectivity index (χ4v) is 3.91. The number of aromatic nitrogens is 4. The predicted octanol–water partition coefficient (Wildman–Crippen LogP) is 2.79. The van der Waals surface area contributed by atoms with Crippen LogP contribution in [0.1, 0.15) is 17.8 Å². The molecule has 3 heterocycles. The van der Waals surface area contributed by atoms with Crippen molar-refractivity contribution in [3.63, 3.8) is 0 Å². The van der Waals surface area contributed by atoms with E-state index in [1.165, 1.54) is 11.5 Å². The van der Waals surface area contributed by atoms with Crippen LogP contribution in [0.5, 0.6) is 0 Å². The fraction of sp³-hybridized carbons (Fsp3) is 0.300. The zero-order valence-electron chi connectivity index (χ0n) is 15.7. The van der Waals surface area contributed by atoms with Crippen molar-refractivity contribution >= 4 is 29.0 Å². The lowest BCUT2D eigenvalue weighted by atomic mass is 10.0. The van der Waals surface area contributed by atoms with Crippen molar-refractivity contribution in [1.82, 2.24) is 19.6 Å². The van der Waals surface area contributed by atoms with Gasteiger partial charge in [-0.3, -0.25) is 0 Å². The van der Waals surface area contributed by atoms with Crippen LogP contribution in [0, 0.1) is 11.8 Å². The third-order valence-electron chi connectivity index (χ3n) is 4.68. The van der Waals surface area contributed by atoms with Gasteiger partial charge in [0, 0.05) is 30.7 Å². The first-order chi connectivity index (χ1) is 14.1. The Hall–Kier alpha value is -2.57. The van der Waals surface area contributed by atoms with E-state index in [9.17, 15) is 0 Å². The van der Waals surface area contributed by atoms with Gasteiger partial charge in [-0.05, 0) is 41.9 Å². The Morgan fingerprint density at radius 3 is 2.90 bits per heavy atom. The Labute approximate surface area is 177 Å². The summed E-state index contributed by atoms with van der Waals surface area (Å²) in [6, 6.07) is 11.2. The van der Waals surface area contributed by atoms with Crippen LogP contribution in [0.15, 0.2) is 36.4 Å². The Morgan fingerprint density at radius 2 is 2.21 bits per heavy atom. The number of hydrogen-bond acceptors (Lipinski definition) is 8. The molecule has 1 saturated heterocycles. The van der Waals surface area contributed by atoms with Gasteiger partial charge >= 0.3 is 0 Å². The predicted molar refractivity (Wildman–Crippen MR) is 112 cm³/mol. The molecule has 2 aromatic heterocycles. The summed E-state index contributed by atoms with van der Waals surface area (Å²) in [5.41, 5.74) is 0.914. The number of aliphatic hydroxyl groups is 1. The van der Waals surface area contributed by atoms with Gasteiger partial charge in [0.15, 0.2) is 16.6 Å². The second-order valence-corrected chi connectivity index (χ2v) is 7.77. The van der Waals surface area contributed by atoms with E-state index >= 15 is 0 Å². The van der Waals surface area contributed by atoms with Crippen molar-refractivity contribution in [1.29, 1.82) is 0 Å². The quantitative estimate of drug-likeness (QED) is 0.641. The van der Waals surface area contributed by atoms with E-state index < -0.39 is 5.60 Å². The summed E-state index contributed by atoms with van der Waals surface area (Å²) >= 11 is 7.23. The van der Waals surface area contributed by atoms with Crippen LogP contribution in [0.2, 0.25) is 5.02 Å². The molecule has 0 saturated carbocycles. The molecule has 1 aliphatic heterocycles. The molecule has 0 radical (unpaired) electrons. The van der Waals surface area contributed by atoms with Crippen LogP contribution >= 0.6 is 23.1 Å². The van der Waals surface area contributed by atoms with Gasteiger partial charge in [0.2, 0.25) is 0 Å². The maximum absolute atomic E-state index is 9.10. The number of benzene rings is 1. The van der Waals surface area contributed by atoms with Gasteiger partial charge in [-0.2, -0.15) is 4.37 Å². The van der Waals surface area contributed by atoms with Crippen molar-refractivity contribution in [3.8, 4) is 22.5 Å². The first kappa shape index (κ1) is 19.7. The van der Waals surface area contributed by atoms with E-state index in [2.05, 4.69) is 36.3 Å². The Bertz CT molecular complexity index is 1060. The molecule has 3 aromatic rings. The normalized spacial score (nSPS) is 18.5. The number of aliphatic hydroxyl groups excluding tert-OH is 1. The molecule has 1 N–H and O–H groups in total. The third kappa shape index (κ3) is 4.38. The molecular weight excluding hydrogens is 410 g/mol. The van der Waals surface area contributed by atoms with Gasteiger partial charge in [-0.25, -0.2) is 4.98 Å². The van der Waals surface area contributed by atoms with E-state index in [1.54, 1.807) is 7.11 Å². The van der Waals surface area contributed by atoms with Gasteiger partial charge in [0.1, 0.15) is 17.9 Å². The molecule has 1 aromatic carbocycles. The molecule has 148 valence electrons. The largest absolute Gasteiger partial charge is 0.388 e. The van der Waals surface area contributed by atoms with Crippen LogP contribution in [-0.4, -0.2) is 50.5 Å². The molecule has 4 rings (SSSR count). The highest BCUT2D eigenvalue weighted by Crippen LogP contribution is 2.29. The minimum absolute atomic E-state index is 0.189. The lowest BCUT2D eigenvalue weighted by Gasteiger charge is -2.22. The second-order valence-electron chi connectivity index (χ2n) is 6.58. The maximum atomic E-state index is 9.10. The van der Waals surface area contributed by atoms with Crippen molar-refractivity contribution in [2.45, 2.75) is 18.6 Å². The Morgan fingerprint density at radius 1 is 1.31 bits per heavy atom. The molecule has 1 unspecified atom stereocenters. The lowest BCUT2D eigenvalue weighted by molar-refractivity contribution is 0.0602. The highest BCUT2D eigenvalue weighted by atomic mass is 35.5. The second kappa shape index (κ2) is 8.43. The molecule has 7 nitrogen and oxygen atoms in total. The molecular formula is C20H18ClN5O2S. The summed E-state index contributed by atoms with van der Waals surface area (Å²) in [6.07, 6.45) is 0.761. The number of methoxy groups -OCH3 is 1. The van der Waals surface area contributed by atoms with Crippen LogP contribution in [0.4, 0.5) is 5.82 Å². The number of ether oxygens (including phenoxy) is 1. The summed E-state index contributed by atoms with van der Waals surface area (Å²) in [7, 11) is 1.68. The van der Waals surface area contributed by atoms with E-state index in [-0.39, 0.29) is 6.61 Å². The van der Waals surface area contributed by atoms with Gasteiger partial charge in [0.25, 0.3) is 0 Å². The molecule has 9 heteroatoms. The molecule has 0 aliphatic carbocycles. The van der Waals surface area contributed by atoms with Crippen LogP contribution in [0.3, 0.4) is 0 Å². The molecule has 0 spiro atoms. The van der Waals surface area contributed by atoms with Crippen molar-refractivity contribution in [2.24, 2.45) is 0 Å². The molecule has 0 amide bonds. The average Bonchev–Trinajstić information content (AvgIpc) is 3.41. The summed E-state index contributed by atoms with van der Waals surface area (Å²) in [5.74, 6) is 7.59. The van der Waals surface area contributed by atoms with E-state index in [1.807, 2.05) is 36.4 Å². The zero-order valence-corrected chi connectivity index (χ0v) is 17.2. The lowest BCUT2D eigenvalue weighted by Crippen LogP contribution is -2.34. The van der Waals surface area contributed by atoms with Gasteiger partial charge in [0.05, 0.1) is 6.54 Å². The number of hydrogen-bond donors (Lipinski definition) is 1. The highest BCUT2D eigenvalue weighted by Gasteiger charge is 2.37. The molecule has 1 fully saturated rings. The number of rotatable bonds is 4. The van der Waals surface area contributed by atoms with Gasteiger partial charge in [-0.15, -0.1) is 10.2 Å². The smallest absolute Gasteiger partial charge is 0.168 e. The summed E-state index contributed by atoms with van der Waals surface area (Å²) in [4.78, 5) is 6.32. The topological polar surface area (TPSA) is 84.3 Å². The van der Waals surface area contributed by atoms with Crippen molar-refractivity contribution < 1.29 is 9.84 Å². The van der Waals surface area contributed by atoms with E-state index in [0.29, 0.717) is 28.1 Å². The van der Waals surface area contributed by atoms with E-state index in [0.717, 1.165) is 24.3 Å². The number of anilines is 1. The SMILES string of the molecule is COC1(C#Cc2cccc(Cl)c2)CCN(c2ccc(-c3nc(CO)ns3)nn2)C1. The highest BCUT2D eigenvalue weighted by molar-refractivity contribution is 7.09. The zero-order chi connectivity index (χ0) is 20.3. The first-order valence-corrected chi connectivity index (χ1v) is 10.1. The summed E-state index contributed by atoms with van der Waals surface area (Å²) in [6.45, 7) is 1.17. The fourth-order valence-electron chi connectivity index (χ4n) is 3.08. The van der Waals surface area contributed by atoms with E-state index in [4.69, 9.17) is 21.4 Å². The number of halogens is 1. The monoisotopic (exact) mass is 427 g/mol. The minimum atomic E-state index is -0.572. The molecule has 0 bridgehead atoms. The molecule has 1 aliphatic rings. The average molecular weight is 428 g/mol.